The van der Waals surface area contributed by atoms with Crippen LogP contribution in [0.15, 0.2) is 24.3 Å². The Morgan fingerprint density at radius 1 is 1.31 bits per heavy atom. The fourth-order valence-corrected chi connectivity index (χ4v) is 3.37. The molecule has 26 heavy (non-hydrogen) atoms. The van der Waals surface area contributed by atoms with Gasteiger partial charge in [-0.25, -0.2) is 9.67 Å². The van der Waals surface area contributed by atoms with Gasteiger partial charge in [-0.1, -0.05) is 30.7 Å². The first-order chi connectivity index (χ1) is 12.1. The van der Waals surface area contributed by atoms with E-state index in [1.54, 1.807) is 4.68 Å². The number of hydrogen-bond acceptors (Lipinski definition) is 4. The summed E-state index contributed by atoms with van der Waals surface area (Å²) in [5, 5.41) is 8.36. The third kappa shape index (κ3) is 4.37. The van der Waals surface area contributed by atoms with Gasteiger partial charge in [0.2, 0.25) is 5.82 Å². The lowest BCUT2D eigenvalue weighted by Gasteiger charge is -2.30. The second-order valence-corrected chi connectivity index (χ2v) is 6.73. The van der Waals surface area contributed by atoms with Gasteiger partial charge in [0.25, 0.3) is 5.91 Å². The molecule has 2 aromatic rings. The Balaban J connectivity index is 0.00000243. The average molecular weight is 398 g/mol. The van der Waals surface area contributed by atoms with Gasteiger partial charge in [0.15, 0.2) is 0 Å². The highest BCUT2D eigenvalue weighted by Crippen LogP contribution is 2.21. The number of para-hydroxylation sites is 1. The summed E-state index contributed by atoms with van der Waals surface area (Å²) in [5.74, 6) is 0.924. The highest BCUT2D eigenvalue weighted by atomic mass is 35.5. The highest BCUT2D eigenvalue weighted by molar-refractivity contribution is 6.32. The molecule has 0 unspecified atom stereocenters. The van der Waals surface area contributed by atoms with Gasteiger partial charge in [0, 0.05) is 25.6 Å². The predicted molar refractivity (Wildman–Crippen MR) is 106 cm³/mol. The second-order valence-electron chi connectivity index (χ2n) is 6.32. The third-order valence-electron chi connectivity index (χ3n) is 4.61. The van der Waals surface area contributed by atoms with Crippen molar-refractivity contribution in [1.82, 2.24) is 25.0 Å². The molecule has 1 N–H and O–H groups in total. The fourth-order valence-electron chi connectivity index (χ4n) is 3.15. The SMILES string of the molecule is CCCc1nc(C(=O)N2CCC(NC)CC2)nn1-c1ccccc1Cl.Cl. The van der Waals surface area contributed by atoms with Crippen molar-refractivity contribution in [2.24, 2.45) is 0 Å². The van der Waals surface area contributed by atoms with Crippen LogP contribution in [-0.4, -0.2) is 51.8 Å². The molecule has 1 aromatic carbocycles. The van der Waals surface area contributed by atoms with E-state index in [1.807, 2.05) is 36.2 Å². The molecule has 1 amide bonds. The quantitative estimate of drug-likeness (QED) is 0.841. The van der Waals surface area contributed by atoms with Gasteiger partial charge in [0.1, 0.15) is 5.82 Å². The topological polar surface area (TPSA) is 63.1 Å². The summed E-state index contributed by atoms with van der Waals surface area (Å²) in [4.78, 5) is 19.2. The van der Waals surface area contributed by atoms with Crippen molar-refractivity contribution in [3.63, 3.8) is 0 Å². The van der Waals surface area contributed by atoms with Crippen molar-refractivity contribution >= 4 is 29.9 Å². The van der Waals surface area contributed by atoms with E-state index in [0.717, 1.165) is 50.3 Å². The summed E-state index contributed by atoms with van der Waals surface area (Å²) in [5.41, 5.74) is 0.757. The lowest BCUT2D eigenvalue weighted by molar-refractivity contribution is 0.0695. The summed E-state index contributed by atoms with van der Waals surface area (Å²) >= 11 is 6.31. The van der Waals surface area contributed by atoms with E-state index in [4.69, 9.17) is 11.6 Å². The lowest BCUT2D eigenvalue weighted by Crippen LogP contribution is -2.44. The maximum Gasteiger partial charge on any atom is 0.293 e. The van der Waals surface area contributed by atoms with E-state index in [0.29, 0.717) is 11.1 Å². The molecule has 0 spiro atoms. The van der Waals surface area contributed by atoms with E-state index in [-0.39, 0.29) is 24.1 Å². The Hall–Kier alpha value is -1.63. The zero-order valence-corrected chi connectivity index (χ0v) is 16.7. The fraction of sp³-hybridized carbons (Fsp3) is 0.500. The van der Waals surface area contributed by atoms with Gasteiger partial charge in [-0.05, 0) is 38.4 Å². The van der Waals surface area contributed by atoms with Crippen molar-refractivity contribution in [3.8, 4) is 5.69 Å². The van der Waals surface area contributed by atoms with Crippen LogP contribution in [0.3, 0.4) is 0 Å². The zero-order chi connectivity index (χ0) is 17.8. The Kier molecular flexibility index (Phi) is 7.43. The monoisotopic (exact) mass is 397 g/mol. The van der Waals surface area contributed by atoms with Crippen LogP contribution in [0.25, 0.3) is 5.69 Å². The molecule has 0 saturated carbocycles. The summed E-state index contributed by atoms with van der Waals surface area (Å²) in [6.45, 7) is 3.54. The van der Waals surface area contributed by atoms with Crippen molar-refractivity contribution < 1.29 is 4.79 Å². The van der Waals surface area contributed by atoms with E-state index in [9.17, 15) is 4.79 Å². The normalized spacial score (nSPS) is 15.0. The maximum absolute atomic E-state index is 12.8. The van der Waals surface area contributed by atoms with Gasteiger partial charge >= 0.3 is 0 Å². The van der Waals surface area contributed by atoms with Gasteiger partial charge < -0.3 is 10.2 Å². The molecule has 142 valence electrons. The molecule has 0 aliphatic carbocycles. The predicted octanol–water partition coefficient (Wildman–Crippen LogP) is 3.12. The van der Waals surface area contributed by atoms with Crippen LogP contribution >= 0.6 is 24.0 Å². The Morgan fingerprint density at radius 3 is 2.62 bits per heavy atom. The molecule has 0 radical (unpaired) electrons. The number of piperidine rings is 1. The number of aromatic nitrogens is 3. The molecule has 0 bridgehead atoms. The number of benzene rings is 1. The Morgan fingerprint density at radius 2 is 2.00 bits per heavy atom. The number of nitrogens with one attached hydrogen (secondary N) is 1. The number of likely N-dealkylation sites (tertiary alicyclic amines) is 1. The number of rotatable bonds is 5. The first kappa shape index (κ1) is 20.7. The minimum atomic E-state index is -0.0993. The molecule has 1 aliphatic heterocycles. The van der Waals surface area contributed by atoms with Crippen LogP contribution in [-0.2, 0) is 6.42 Å². The summed E-state index contributed by atoms with van der Waals surface area (Å²) < 4.78 is 1.71. The molecule has 3 rings (SSSR count). The molecule has 1 aliphatic rings. The lowest BCUT2D eigenvalue weighted by atomic mass is 10.1. The number of halogens is 2. The Labute approximate surface area is 165 Å². The second kappa shape index (κ2) is 9.35. The summed E-state index contributed by atoms with van der Waals surface area (Å²) in [6.07, 6.45) is 3.57. The van der Waals surface area contributed by atoms with Gasteiger partial charge in [-0.3, -0.25) is 4.79 Å². The van der Waals surface area contributed by atoms with Crippen LogP contribution < -0.4 is 5.32 Å². The number of aryl methyl sites for hydroxylation is 1. The summed E-state index contributed by atoms with van der Waals surface area (Å²) in [6, 6.07) is 7.97. The van der Waals surface area contributed by atoms with Crippen LogP contribution in [0.1, 0.15) is 42.6 Å². The Bertz CT molecular complexity index is 741. The minimum absolute atomic E-state index is 0. The average Bonchev–Trinajstić information content (AvgIpc) is 3.05. The third-order valence-corrected chi connectivity index (χ3v) is 4.93. The van der Waals surface area contributed by atoms with E-state index < -0.39 is 0 Å². The van der Waals surface area contributed by atoms with Crippen LogP contribution in [0, 0.1) is 0 Å². The smallest absolute Gasteiger partial charge is 0.293 e. The first-order valence-corrected chi connectivity index (χ1v) is 9.19. The van der Waals surface area contributed by atoms with Gasteiger partial charge in [0.05, 0.1) is 10.7 Å². The molecule has 6 nitrogen and oxygen atoms in total. The molecule has 8 heteroatoms. The number of hydrogen-bond donors (Lipinski definition) is 1. The molecule has 1 saturated heterocycles. The van der Waals surface area contributed by atoms with Gasteiger partial charge in [-0.2, -0.15) is 0 Å². The minimum Gasteiger partial charge on any atom is -0.336 e. The van der Waals surface area contributed by atoms with Crippen molar-refractivity contribution in [2.45, 2.75) is 38.6 Å². The number of nitrogens with zero attached hydrogens (tertiary/aromatic N) is 4. The number of amides is 1. The van der Waals surface area contributed by atoms with Crippen LogP contribution in [0.5, 0.6) is 0 Å². The number of carbonyl (C=O) groups excluding carboxylic acids is 1. The molecular weight excluding hydrogens is 373 g/mol. The maximum atomic E-state index is 12.8. The molecule has 1 fully saturated rings. The standard InChI is InChI=1S/C18H24ClN5O.ClH/c1-3-6-16-21-17(18(25)23-11-9-13(20-2)10-12-23)22-24(16)15-8-5-4-7-14(15)19;/h4-5,7-8,13,20H,3,6,9-12H2,1-2H3;1H. The van der Waals surface area contributed by atoms with Crippen LogP contribution in [0.2, 0.25) is 5.02 Å². The molecule has 2 heterocycles. The molecular formula is C18H25Cl2N5O. The van der Waals surface area contributed by atoms with Crippen molar-refractivity contribution in [3.05, 3.63) is 40.9 Å². The first-order valence-electron chi connectivity index (χ1n) is 8.81. The highest BCUT2D eigenvalue weighted by Gasteiger charge is 2.26. The van der Waals surface area contributed by atoms with E-state index in [2.05, 4.69) is 22.3 Å². The zero-order valence-electron chi connectivity index (χ0n) is 15.1. The van der Waals surface area contributed by atoms with Crippen molar-refractivity contribution in [1.29, 1.82) is 0 Å². The summed E-state index contributed by atoms with van der Waals surface area (Å²) in [7, 11) is 1.96. The van der Waals surface area contributed by atoms with Gasteiger partial charge in [-0.15, -0.1) is 17.5 Å². The van der Waals surface area contributed by atoms with Crippen LogP contribution in [0.4, 0.5) is 0 Å². The molecule has 1 aromatic heterocycles. The van der Waals surface area contributed by atoms with E-state index >= 15 is 0 Å². The largest absolute Gasteiger partial charge is 0.336 e. The number of carbonyl (C=O) groups is 1. The van der Waals surface area contributed by atoms with Crippen molar-refractivity contribution in [2.75, 3.05) is 20.1 Å². The van der Waals surface area contributed by atoms with E-state index in [1.165, 1.54) is 0 Å². The molecule has 0 atom stereocenters.